The number of hydrogen-bond acceptors (Lipinski definition) is 4. The summed E-state index contributed by atoms with van der Waals surface area (Å²) in [6.45, 7) is 1.98. The van der Waals surface area contributed by atoms with Gasteiger partial charge in [0, 0.05) is 11.1 Å². The molecule has 0 spiro atoms. The molecule has 5 aromatic rings. The van der Waals surface area contributed by atoms with E-state index in [2.05, 4.69) is 15.6 Å². The van der Waals surface area contributed by atoms with E-state index in [4.69, 9.17) is 14.8 Å². The van der Waals surface area contributed by atoms with Crippen LogP contribution in [0.5, 0.6) is 5.75 Å². The minimum absolute atomic E-state index is 0.266. The van der Waals surface area contributed by atoms with Gasteiger partial charge in [-0.25, -0.2) is 9.78 Å². The first-order valence-corrected chi connectivity index (χ1v) is 9.81. The van der Waals surface area contributed by atoms with Crippen LogP contribution in [0.1, 0.15) is 16.2 Å². The molecule has 0 radical (unpaired) electrons. The predicted octanol–water partition coefficient (Wildman–Crippen LogP) is 5.26. The number of pyridine rings is 1. The summed E-state index contributed by atoms with van der Waals surface area (Å²) in [5.74, 6) is 0.727. The van der Waals surface area contributed by atoms with E-state index in [9.17, 15) is 4.79 Å². The van der Waals surface area contributed by atoms with E-state index in [1.165, 1.54) is 0 Å². The molecule has 0 bridgehead atoms. The first kappa shape index (κ1) is 18.8. The van der Waals surface area contributed by atoms with Gasteiger partial charge in [0.1, 0.15) is 17.1 Å². The number of aromatic nitrogens is 3. The number of fused-ring (bicyclic) bond motifs is 3. The van der Waals surface area contributed by atoms with E-state index in [1.54, 1.807) is 25.4 Å². The van der Waals surface area contributed by atoms with Gasteiger partial charge in [0.15, 0.2) is 0 Å². The summed E-state index contributed by atoms with van der Waals surface area (Å²) in [6.07, 6.45) is 1.80. The Morgan fingerprint density at radius 2 is 1.65 bits per heavy atom. The molecule has 1 N–H and O–H groups in total. The molecule has 0 atom stereocenters. The summed E-state index contributed by atoms with van der Waals surface area (Å²) < 4.78 is 7.41. The smallest absolute Gasteiger partial charge is 0.335 e. The van der Waals surface area contributed by atoms with E-state index in [0.717, 1.165) is 50.3 Å². The third-order valence-electron chi connectivity index (χ3n) is 5.45. The molecule has 5 rings (SSSR count). The van der Waals surface area contributed by atoms with Crippen LogP contribution in [0.2, 0.25) is 0 Å². The van der Waals surface area contributed by atoms with Crippen molar-refractivity contribution in [3.05, 3.63) is 84.3 Å². The molecule has 0 saturated carbocycles. The van der Waals surface area contributed by atoms with Crippen LogP contribution >= 0.6 is 0 Å². The zero-order valence-corrected chi connectivity index (χ0v) is 17.0. The largest absolute Gasteiger partial charge is 0.497 e. The summed E-state index contributed by atoms with van der Waals surface area (Å²) in [7, 11) is 1.65. The summed E-state index contributed by atoms with van der Waals surface area (Å²) in [4.78, 5) is 20.5. The second kappa shape index (κ2) is 7.25. The van der Waals surface area contributed by atoms with Gasteiger partial charge < -0.3 is 9.84 Å². The highest BCUT2D eigenvalue weighted by Gasteiger charge is 2.14. The Morgan fingerprint density at radius 3 is 2.32 bits per heavy atom. The highest BCUT2D eigenvalue weighted by Crippen LogP contribution is 2.31. The minimum Gasteiger partial charge on any atom is -0.497 e. The van der Waals surface area contributed by atoms with Crippen LogP contribution in [0.3, 0.4) is 0 Å². The van der Waals surface area contributed by atoms with Gasteiger partial charge in [0.2, 0.25) is 0 Å². The van der Waals surface area contributed by atoms with Gasteiger partial charge in [0.25, 0.3) is 0 Å². The third kappa shape index (κ3) is 3.18. The van der Waals surface area contributed by atoms with Gasteiger partial charge in [-0.05, 0) is 66.6 Å². The zero-order chi connectivity index (χ0) is 21.5. The molecule has 2 heterocycles. The van der Waals surface area contributed by atoms with Crippen molar-refractivity contribution < 1.29 is 14.6 Å². The SMILES string of the molecule is COc1ccc(-n2c(C)nc3cnc4ccc(-c5ccc(C(=O)O)cc5)cc4c32)cc1. The van der Waals surface area contributed by atoms with Gasteiger partial charge in [0.05, 0.1) is 29.9 Å². The molecule has 0 aliphatic carbocycles. The predicted molar refractivity (Wildman–Crippen MR) is 120 cm³/mol. The Bertz CT molecular complexity index is 1440. The Labute approximate surface area is 178 Å². The van der Waals surface area contributed by atoms with Gasteiger partial charge in [-0.1, -0.05) is 18.2 Å². The highest BCUT2D eigenvalue weighted by atomic mass is 16.5. The Hall–Kier alpha value is -4.19. The second-order valence-electron chi connectivity index (χ2n) is 7.30. The fraction of sp³-hybridized carbons (Fsp3) is 0.0800. The van der Waals surface area contributed by atoms with Gasteiger partial charge >= 0.3 is 5.97 Å². The van der Waals surface area contributed by atoms with Crippen molar-refractivity contribution in [1.82, 2.24) is 14.5 Å². The monoisotopic (exact) mass is 409 g/mol. The molecule has 31 heavy (non-hydrogen) atoms. The Morgan fingerprint density at radius 1 is 0.935 bits per heavy atom. The van der Waals surface area contributed by atoms with Gasteiger partial charge in [-0.15, -0.1) is 0 Å². The Balaban J connectivity index is 1.72. The number of rotatable bonds is 4. The van der Waals surface area contributed by atoms with Crippen molar-refractivity contribution in [2.24, 2.45) is 0 Å². The average molecular weight is 409 g/mol. The number of aromatic carboxylic acids is 1. The summed E-state index contributed by atoms with van der Waals surface area (Å²) in [5, 5.41) is 10.1. The quantitative estimate of drug-likeness (QED) is 0.438. The number of hydrogen-bond donors (Lipinski definition) is 1. The molecule has 0 saturated heterocycles. The number of ether oxygens (including phenoxy) is 1. The standard InChI is InChI=1S/C25H19N3O3/c1-15-27-23-14-26-22-12-7-18(16-3-5-17(6-4-16)25(29)30)13-21(22)24(23)28(15)19-8-10-20(31-2)11-9-19/h3-14H,1-2H3,(H,29,30). The summed E-state index contributed by atoms with van der Waals surface area (Å²) in [6, 6.07) is 20.8. The molecule has 0 aliphatic rings. The lowest BCUT2D eigenvalue weighted by molar-refractivity contribution is 0.0697. The average Bonchev–Trinajstić information content (AvgIpc) is 3.15. The summed E-state index contributed by atoms with van der Waals surface area (Å²) in [5.41, 5.74) is 5.85. The van der Waals surface area contributed by atoms with E-state index in [-0.39, 0.29) is 5.56 Å². The normalized spacial score (nSPS) is 11.2. The van der Waals surface area contributed by atoms with Crippen LogP contribution in [0.15, 0.2) is 72.9 Å². The van der Waals surface area contributed by atoms with Crippen LogP contribution in [0.4, 0.5) is 0 Å². The number of methoxy groups -OCH3 is 1. The fourth-order valence-corrected chi connectivity index (χ4v) is 3.90. The number of carboxylic acid groups (broad SMARTS) is 1. The van der Waals surface area contributed by atoms with Crippen LogP contribution in [-0.2, 0) is 0 Å². The molecule has 2 aromatic heterocycles. The molecule has 0 fully saturated rings. The second-order valence-corrected chi connectivity index (χ2v) is 7.30. The minimum atomic E-state index is -0.935. The van der Waals surface area contributed by atoms with Crippen molar-refractivity contribution >= 4 is 27.9 Å². The molecule has 6 heteroatoms. The van der Waals surface area contributed by atoms with Crippen molar-refractivity contribution in [2.45, 2.75) is 6.92 Å². The summed E-state index contributed by atoms with van der Waals surface area (Å²) >= 11 is 0. The van der Waals surface area contributed by atoms with Crippen molar-refractivity contribution in [3.63, 3.8) is 0 Å². The maximum Gasteiger partial charge on any atom is 0.335 e. The molecule has 3 aromatic carbocycles. The number of imidazole rings is 1. The van der Waals surface area contributed by atoms with E-state index < -0.39 is 5.97 Å². The first-order chi connectivity index (χ1) is 15.0. The number of carboxylic acids is 1. The number of aryl methyl sites for hydroxylation is 1. The van der Waals surface area contributed by atoms with Crippen molar-refractivity contribution in [2.75, 3.05) is 7.11 Å². The van der Waals surface area contributed by atoms with Crippen LogP contribution in [0, 0.1) is 6.92 Å². The molecule has 152 valence electrons. The topological polar surface area (TPSA) is 77.2 Å². The van der Waals surface area contributed by atoms with Crippen molar-refractivity contribution in [1.29, 1.82) is 0 Å². The molecule has 0 aliphatic heterocycles. The highest BCUT2D eigenvalue weighted by molar-refractivity contribution is 6.04. The lowest BCUT2D eigenvalue weighted by Crippen LogP contribution is -1.98. The van der Waals surface area contributed by atoms with E-state index in [0.29, 0.717) is 0 Å². The maximum atomic E-state index is 11.2. The lowest BCUT2D eigenvalue weighted by atomic mass is 10.0. The molecular formula is C25H19N3O3. The zero-order valence-electron chi connectivity index (χ0n) is 17.0. The third-order valence-corrected chi connectivity index (χ3v) is 5.45. The van der Waals surface area contributed by atoms with E-state index >= 15 is 0 Å². The molecule has 6 nitrogen and oxygen atoms in total. The molecule has 0 amide bonds. The molecule has 0 unspecified atom stereocenters. The van der Waals surface area contributed by atoms with Gasteiger partial charge in [-0.2, -0.15) is 0 Å². The van der Waals surface area contributed by atoms with E-state index in [1.807, 2.05) is 55.5 Å². The fourth-order valence-electron chi connectivity index (χ4n) is 3.90. The van der Waals surface area contributed by atoms with Crippen LogP contribution < -0.4 is 4.74 Å². The number of carbonyl (C=O) groups is 1. The number of benzene rings is 3. The van der Waals surface area contributed by atoms with Crippen molar-refractivity contribution in [3.8, 4) is 22.6 Å². The van der Waals surface area contributed by atoms with Crippen LogP contribution in [-0.4, -0.2) is 32.7 Å². The first-order valence-electron chi connectivity index (χ1n) is 9.81. The Kier molecular flexibility index (Phi) is 4.40. The van der Waals surface area contributed by atoms with Crippen LogP contribution in [0.25, 0.3) is 38.8 Å². The lowest BCUT2D eigenvalue weighted by Gasteiger charge is -2.11. The number of nitrogens with zero attached hydrogens (tertiary/aromatic N) is 3. The maximum absolute atomic E-state index is 11.2. The van der Waals surface area contributed by atoms with Gasteiger partial charge in [-0.3, -0.25) is 9.55 Å². The molecular weight excluding hydrogens is 390 g/mol.